The van der Waals surface area contributed by atoms with Crippen molar-refractivity contribution in [2.24, 2.45) is 0 Å². The second-order valence-electron chi connectivity index (χ2n) is 10.5. The Balaban J connectivity index is 1.61. The van der Waals surface area contributed by atoms with Crippen molar-refractivity contribution in [3.63, 3.8) is 0 Å². The number of ether oxygens (including phenoxy) is 2. The SMILES string of the molecule is CCOC(=O)Cc1cccc(C)c1NC(=O)c1cc(-c2cccc(CNC(=O)OC(C)(C)C)c2)c2occc2c1. The smallest absolute Gasteiger partial charge is 0.407 e. The number of furan rings is 1. The van der Waals surface area contributed by atoms with E-state index in [4.69, 9.17) is 13.9 Å². The summed E-state index contributed by atoms with van der Waals surface area (Å²) in [6, 6.07) is 18.6. The Kier molecular flexibility index (Phi) is 8.58. The molecule has 8 heteroatoms. The summed E-state index contributed by atoms with van der Waals surface area (Å²) in [7, 11) is 0. The van der Waals surface area contributed by atoms with Crippen molar-refractivity contribution in [3.05, 3.63) is 89.2 Å². The van der Waals surface area contributed by atoms with Crippen molar-refractivity contribution in [2.45, 2.75) is 53.2 Å². The first-order chi connectivity index (χ1) is 19.0. The Morgan fingerprint density at radius 2 is 1.75 bits per heavy atom. The molecule has 2 N–H and O–H groups in total. The van der Waals surface area contributed by atoms with Crippen molar-refractivity contribution >= 4 is 34.6 Å². The van der Waals surface area contributed by atoms with Crippen LogP contribution < -0.4 is 10.6 Å². The Hall–Kier alpha value is -4.59. The molecule has 8 nitrogen and oxygen atoms in total. The van der Waals surface area contributed by atoms with Gasteiger partial charge in [-0.25, -0.2) is 4.79 Å². The third-order valence-corrected chi connectivity index (χ3v) is 6.12. The molecule has 0 radical (unpaired) electrons. The van der Waals surface area contributed by atoms with Crippen LogP contribution in [0.2, 0.25) is 0 Å². The number of anilines is 1. The largest absolute Gasteiger partial charge is 0.466 e. The molecule has 0 fully saturated rings. The van der Waals surface area contributed by atoms with Gasteiger partial charge in [0.25, 0.3) is 5.91 Å². The molecule has 2 amide bonds. The molecule has 0 aliphatic rings. The lowest BCUT2D eigenvalue weighted by atomic mass is 9.98. The highest BCUT2D eigenvalue weighted by Gasteiger charge is 2.19. The monoisotopic (exact) mass is 542 g/mol. The Morgan fingerprint density at radius 3 is 2.50 bits per heavy atom. The van der Waals surface area contributed by atoms with Crippen molar-refractivity contribution < 1.29 is 28.3 Å². The van der Waals surface area contributed by atoms with Gasteiger partial charge in [-0.05, 0) is 81.1 Å². The lowest BCUT2D eigenvalue weighted by Crippen LogP contribution is -2.32. The van der Waals surface area contributed by atoms with Crippen LogP contribution in [0, 0.1) is 6.92 Å². The summed E-state index contributed by atoms with van der Waals surface area (Å²) in [5, 5.41) is 6.55. The van der Waals surface area contributed by atoms with E-state index >= 15 is 0 Å². The number of hydrogen-bond acceptors (Lipinski definition) is 6. The van der Waals surface area contributed by atoms with E-state index < -0.39 is 11.7 Å². The Morgan fingerprint density at radius 1 is 0.975 bits per heavy atom. The minimum absolute atomic E-state index is 0.0568. The summed E-state index contributed by atoms with van der Waals surface area (Å²) >= 11 is 0. The number of esters is 1. The third-order valence-electron chi connectivity index (χ3n) is 6.12. The molecule has 1 heterocycles. The zero-order chi connectivity index (χ0) is 28.9. The number of benzene rings is 3. The number of aryl methyl sites for hydroxylation is 1. The van der Waals surface area contributed by atoms with E-state index in [1.165, 1.54) is 0 Å². The van der Waals surface area contributed by atoms with Crippen LogP contribution in [0.3, 0.4) is 0 Å². The van der Waals surface area contributed by atoms with E-state index in [2.05, 4.69) is 10.6 Å². The summed E-state index contributed by atoms with van der Waals surface area (Å²) in [5.74, 6) is -0.668. The molecule has 1 aromatic heterocycles. The average Bonchev–Trinajstić information content (AvgIpc) is 3.37. The number of carbonyl (C=O) groups is 3. The van der Waals surface area contributed by atoms with Gasteiger partial charge in [0.15, 0.2) is 0 Å². The van der Waals surface area contributed by atoms with Gasteiger partial charge >= 0.3 is 12.1 Å². The van der Waals surface area contributed by atoms with Crippen molar-refractivity contribution in [1.82, 2.24) is 5.32 Å². The topological polar surface area (TPSA) is 107 Å². The van der Waals surface area contributed by atoms with Crippen LogP contribution in [0.1, 0.15) is 54.7 Å². The van der Waals surface area contributed by atoms with E-state index in [1.54, 1.807) is 31.4 Å². The van der Waals surface area contributed by atoms with Gasteiger partial charge in [0.2, 0.25) is 0 Å². The highest BCUT2D eigenvalue weighted by Crippen LogP contribution is 2.32. The lowest BCUT2D eigenvalue weighted by molar-refractivity contribution is -0.142. The summed E-state index contributed by atoms with van der Waals surface area (Å²) in [5.41, 5.74) is 5.03. The molecular weight excluding hydrogens is 508 g/mol. The van der Waals surface area contributed by atoms with Gasteiger partial charge in [0, 0.05) is 28.7 Å². The quantitative estimate of drug-likeness (QED) is 0.237. The van der Waals surface area contributed by atoms with Gasteiger partial charge in [-0.15, -0.1) is 0 Å². The first kappa shape index (κ1) is 28.4. The van der Waals surface area contributed by atoms with Crippen molar-refractivity contribution in [2.75, 3.05) is 11.9 Å². The highest BCUT2D eigenvalue weighted by atomic mass is 16.6. The number of alkyl carbamates (subject to hydrolysis) is 1. The first-order valence-electron chi connectivity index (χ1n) is 13.2. The number of rotatable bonds is 8. The molecule has 3 aromatic carbocycles. The number of fused-ring (bicyclic) bond motifs is 1. The standard InChI is InChI=1S/C32H34N2O6/c1-6-38-27(35)18-23-12-7-9-20(2)28(23)34-30(36)25-16-24-13-14-39-29(24)26(17-25)22-11-8-10-21(15-22)19-33-31(37)40-32(3,4)5/h7-17H,6,18-19H2,1-5H3,(H,33,37)(H,34,36). The third kappa shape index (κ3) is 7.08. The van der Waals surface area contributed by atoms with Crippen LogP contribution >= 0.6 is 0 Å². The molecule has 0 saturated heterocycles. The van der Waals surface area contributed by atoms with Gasteiger partial charge in [-0.3, -0.25) is 9.59 Å². The first-order valence-corrected chi connectivity index (χ1v) is 13.2. The molecular formula is C32H34N2O6. The molecule has 40 heavy (non-hydrogen) atoms. The molecule has 0 aliphatic carbocycles. The normalized spacial score (nSPS) is 11.2. The molecule has 0 spiro atoms. The lowest BCUT2D eigenvalue weighted by Gasteiger charge is -2.19. The molecule has 0 aliphatic heterocycles. The second-order valence-corrected chi connectivity index (χ2v) is 10.5. The van der Waals surface area contributed by atoms with E-state index in [1.807, 2.05) is 70.2 Å². The maximum atomic E-state index is 13.5. The molecule has 0 unspecified atom stereocenters. The van der Waals surface area contributed by atoms with Crippen LogP contribution in [-0.2, 0) is 27.2 Å². The maximum Gasteiger partial charge on any atom is 0.407 e. The summed E-state index contributed by atoms with van der Waals surface area (Å²) in [4.78, 5) is 37.8. The van der Waals surface area contributed by atoms with E-state index in [0.29, 0.717) is 22.4 Å². The highest BCUT2D eigenvalue weighted by molar-refractivity contribution is 6.09. The zero-order valence-corrected chi connectivity index (χ0v) is 23.4. The number of carbonyl (C=O) groups excluding carboxylic acids is 3. The predicted octanol–water partition coefficient (Wildman–Crippen LogP) is 6.79. The summed E-state index contributed by atoms with van der Waals surface area (Å²) in [6.45, 7) is 9.64. The van der Waals surface area contributed by atoms with E-state index in [9.17, 15) is 14.4 Å². The van der Waals surface area contributed by atoms with E-state index in [-0.39, 0.29) is 31.4 Å². The molecule has 4 rings (SSSR count). The Labute approximate surface area is 233 Å². The fourth-order valence-corrected chi connectivity index (χ4v) is 4.37. The number of amides is 2. The fraction of sp³-hybridized carbons (Fsp3) is 0.281. The van der Waals surface area contributed by atoms with Crippen LogP contribution in [0.5, 0.6) is 0 Å². The summed E-state index contributed by atoms with van der Waals surface area (Å²) in [6.07, 6.45) is 1.15. The number of nitrogens with one attached hydrogen (secondary N) is 2. The van der Waals surface area contributed by atoms with Crippen molar-refractivity contribution in [3.8, 4) is 11.1 Å². The fourth-order valence-electron chi connectivity index (χ4n) is 4.37. The zero-order valence-electron chi connectivity index (χ0n) is 23.4. The maximum absolute atomic E-state index is 13.5. The van der Waals surface area contributed by atoms with Crippen LogP contribution in [0.4, 0.5) is 10.5 Å². The molecule has 0 saturated carbocycles. The van der Waals surface area contributed by atoms with Crippen LogP contribution in [-0.4, -0.2) is 30.2 Å². The minimum atomic E-state index is -0.588. The molecule has 0 bridgehead atoms. The van der Waals surface area contributed by atoms with Gasteiger partial charge in [-0.1, -0.05) is 36.4 Å². The second kappa shape index (κ2) is 12.1. The molecule has 0 atom stereocenters. The van der Waals surface area contributed by atoms with Gasteiger partial charge in [-0.2, -0.15) is 0 Å². The number of para-hydroxylation sites is 1. The average molecular weight is 543 g/mol. The van der Waals surface area contributed by atoms with Crippen molar-refractivity contribution in [1.29, 1.82) is 0 Å². The van der Waals surface area contributed by atoms with Crippen LogP contribution in [0.15, 0.2) is 71.3 Å². The minimum Gasteiger partial charge on any atom is -0.466 e. The molecule has 208 valence electrons. The Bertz CT molecular complexity index is 1550. The summed E-state index contributed by atoms with van der Waals surface area (Å²) < 4.78 is 16.2. The van der Waals surface area contributed by atoms with E-state index in [0.717, 1.165) is 27.6 Å². The van der Waals surface area contributed by atoms with Gasteiger partial charge < -0.3 is 24.5 Å². The van der Waals surface area contributed by atoms with Gasteiger partial charge in [0.1, 0.15) is 11.2 Å². The molecule has 4 aromatic rings. The van der Waals surface area contributed by atoms with Crippen LogP contribution in [0.25, 0.3) is 22.1 Å². The van der Waals surface area contributed by atoms with Gasteiger partial charge in [0.05, 0.1) is 19.3 Å². The number of hydrogen-bond donors (Lipinski definition) is 2. The predicted molar refractivity (Wildman–Crippen MR) is 154 cm³/mol.